The number of nitrogens with zero attached hydrogens (tertiary/aromatic N) is 2. The average molecular weight is 336 g/mol. The predicted octanol–water partition coefficient (Wildman–Crippen LogP) is 1.40. The number of ether oxygens (including phenoxy) is 1. The molecular weight excluding hydrogens is 322 g/mol. The Morgan fingerprint density at radius 3 is 2.87 bits per heavy atom. The first-order chi connectivity index (χ1) is 11.0. The van der Waals surface area contributed by atoms with E-state index < -0.39 is 18.1 Å². The highest BCUT2D eigenvalue weighted by Gasteiger charge is 2.24. The van der Waals surface area contributed by atoms with E-state index >= 15 is 0 Å². The predicted molar refractivity (Wildman–Crippen MR) is 84.2 cm³/mol. The number of benzene rings is 1. The highest BCUT2D eigenvalue weighted by atomic mass is 35.5. The summed E-state index contributed by atoms with van der Waals surface area (Å²) in [5.74, 6) is -0.910. The number of halogens is 1. The molecule has 1 aromatic heterocycles. The summed E-state index contributed by atoms with van der Waals surface area (Å²) in [5, 5.41) is 12.6. The SMILES string of the molecule is O=C(O)Cn1cnc2c(c1=O)N[C@H](Cc1ccc(Cl)cc1)CO2. The molecule has 1 aliphatic heterocycles. The number of hydrogen-bond acceptors (Lipinski definition) is 5. The normalized spacial score (nSPS) is 16.1. The number of carboxylic acid groups (broad SMARTS) is 1. The molecule has 8 heteroatoms. The average Bonchev–Trinajstić information content (AvgIpc) is 2.52. The molecule has 0 fully saturated rings. The van der Waals surface area contributed by atoms with Crippen molar-refractivity contribution in [3.63, 3.8) is 0 Å². The third-order valence-corrected chi connectivity index (χ3v) is 3.73. The Labute approximate surface area is 136 Å². The lowest BCUT2D eigenvalue weighted by molar-refractivity contribution is -0.137. The molecule has 2 N–H and O–H groups in total. The fraction of sp³-hybridized carbons (Fsp3) is 0.267. The minimum atomic E-state index is -1.11. The van der Waals surface area contributed by atoms with Crippen molar-refractivity contribution >= 4 is 23.3 Å². The molecular formula is C15H14ClN3O4. The van der Waals surface area contributed by atoms with Crippen molar-refractivity contribution in [3.05, 3.63) is 51.5 Å². The molecule has 3 rings (SSSR count). The number of carbonyl (C=O) groups is 1. The molecule has 1 atom stereocenters. The summed E-state index contributed by atoms with van der Waals surface area (Å²) in [4.78, 5) is 27.0. The number of nitrogens with one attached hydrogen (secondary N) is 1. The van der Waals surface area contributed by atoms with Crippen LogP contribution < -0.4 is 15.6 Å². The zero-order valence-corrected chi connectivity index (χ0v) is 12.8. The van der Waals surface area contributed by atoms with E-state index in [1.165, 1.54) is 6.33 Å². The summed E-state index contributed by atoms with van der Waals surface area (Å²) in [6, 6.07) is 7.31. The molecule has 1 aromatic carbocycles. The van der Waals surface area contributed by atoms with Gasteiger partial charge in [-0.15, -0.1) is 0 Å². The summed E-state index contributed by atoms with van der Waals surface area (Å²) >= 11 is 5.86. The molecule has 0 spiro atoms. The van der Waals surface area contributed by atoms with Gasteiger partial charge in [0.1, 0.15) is 19.5 Å². The molecule has 0 amide bonds. The van der Waals surface area contributed by atoms with Crippen LogP contribution in [0.2, 0.25) is 5.02 Å². The Morgan fingerprint density at radius 2 is 2.17 bits per heavy atom. The van der Waals surface area contributed by atoms with Crippen LogP contribution in [0.4, 0.5) is 5.69 Å². The molecule has 2 heterocycles. The van der Waals surface area contributed by atoms with Gasteiger partial charge in [-0.1, -0.05) is 23.7 Å². The number of fused-ring (bicyclic) bond motifs is 1. The summed E-state index contributed by atoms with van der Waals surface area (Å²) in [5.41, 5.74) is 0.783. The second-order valence-corrected chi connectivity index (χ2v) is 5.67. The molecule has 0 bridgehead atoms. The van der Waals surface area contributed by atoms with E-state index in [-0.39, 0.29) is 17.6 Å². The van der Waals surface area contributed by atoms with Gasteiger partial charge in [-0.25, -0.2) is 4.98 Å². The maximum absolute atomic E-state index is 12.3. The van der Waals surface area contributed by atoms with Crippen molar-refractivity contribution < 1.29 is 14.6 Å². The van der Waals surface area contributed by atoms with Gasteiger partial charge in [0, 0.05) is 5.02 Å². The monoisotopic (exact) mass is 335 g/mol. The summed E-state index contributed by atoms with van der Waals surface area (Å²) in [7, 11) is 0. The minimum Gasteiger partial charge on any atom is -0.480 e. The summed E-state index contributed by atoms with van der Waals surface area (Å²) in [6.45, 7) is -0.0757. The van der Waals surface area contributed by atoms with Gasteiger partial charge in [-0.2, -0.15) is 0 Å². The summed E-state index contributed by atoms with van der Waals surface area (Å²) in [6.07, 6.45) is 1.82. The van der Waals surface area contributed by atoms with Crippen molar-refractivity contribution in [3.8, 4) is 5.88 Å². The molecule has 0 saturated heterocycles. The lowest BCUT2D eigenvalue weighted by atomic mass is 10.1. The smallest absolute Gasteiger partial charge is 0.323 e. The van der Waals surface area contributed by atoms with Crippen molar-refractivity contribution in [1.29, 1.82) is 0 Å². The number of aliphatic carboxylic acids is 1. The van der Waals surface area contributed by atoms with Crippen LogP contribution in [0.5, 0.6) is 5.88 Å². The van der Waals surface area contributed by atoms with Gasteiger partial charge in [-0.05, 0) is 24.1 Å². The summed E-state index contributed by atoms with van der Waals surface area (Å²) < 4.78 is 6.54. The minimum absolute atomic E-state index is 0.112. The van der Waals surface area contributed by atoms with Crippen LogP contribution in [0.25, 0.3) is 0 Å². The largest absolute Gasteiger partial charge is 0.480 e. The Bertz CT molecular complexity index is 788. The second kappa shape index (κ2) is 6.29. The van der Waals surface area contributed by atoms with Gasteiger partial charge in [-0.3, -0.25) is 14.2 Å². The van der Waals surface area contributed by atoms with E-state index in [2.05, 4.69) is 10.3 Å². The number of carboxylic acids is 1. The van der Waals surface area contributed by atoms with Crippen LogP contribution in [0.3, 0.4) is 0 Å². The van der Waals surface area contributed by atoms with E-state index in [4.69, 9.17) is 21.4 Å². The van der Waals surface area contributed by atoms with Crippen LogP contribution >= 0.6 is 11.6 Å². The van der Waals surface area contributed by atoms with Crippen molar-refractivity contribution in [2.45, 2.75) is 19.0 Å². The maximum Gasteiger partial charge on any atom is 0.323 e. The molecule has 0 unspecified atom stereocenters. The van der Waals surface area contributed by atoms with Crippen LogP contribution in [0.1, 0.15) is 5.56 Å². The third kappa shape index (κ3) is 3.45. The first-order valence-electron chi connectivity index (χ1n) is 6.98. The topological polar surface area (TPSA) is 93.5 Å². The van der Waals surface area contributed by atoms with Crippen LogP contribution in [-0.4, -0.2) is 33.3 Å². The van der Waals surface area contributed by atoms with Crippen LogP contribution in [-0.2, 0) is 17.8 Å². The second-order valence-electron chi connectivity index (χ2n) is 5.23. The zero-order chi connectivity index (χ0) is 16.4. The first kappa shape index (κ1) is 15.4. The fourth-order valence-electron chi connectivity index (χ4n) is 2.41. The molecule has 1 aliphatic rings. The van der Waals surface area contributed by atoms with Crippen LogP contribution in [0.15, 0.2) is 35.4 Å². The van der Waals surface area contributed by atoms with Crippen LogP contribution in [0, 0.1) is 0 Å². The van der Waals surface area contributed by atoms with Crippen molar-refractivity contribution in [2.24, 2.45) is 0 Å². The standard InChI is InChI=1S/C15H14ClN3O4/c16-10-3-1-9(2-4-10)5-11-7-23-14-13(18-11)15(22)19(8-17-14)6-12(20)21/h1-4,8,11,18H,5-7H2,(H,20,21)/t11-/m1/s1. The molecule has 2 aromatic rings. The van der Waals surface area contributed by atoms with Gasteiger partial charge >= 0.3 is 5.97 Å². The third-order valence-electron chi connectivity index (χ3n) is 3.47. The molecule has 120 valence electrons. The molecule has 0 saturated carbocycles. The van der Waals surface area contributed by atoms with Crippen molar-refractivity contribution in [2.75, 3.05) is 11.9 Å². The Hall–Kier alpha value is -2.54. The van der Waals surface area contributed by atoms with E-state index in [0.29, 0.717) is 18.1 Å². The number of rotatable bonds is 4. The van der Waals surface area contributed by atoms with Crippen molar-refractivity contribution in [1.82, 2.24) is 9.55 Å². The highest BCUT2D eigenvalue weighted by Crippen LogP contribution is 2.23. The van der Waals surface area contributed by atoms with Gasteiger partial charge in [0.15, 0.2) is 5.69 Å². The maximum atomic E-state index is 12.3. The molecule has 0 radical (unpaired) electrons. The van der Waals surface area contributed by atoms with Gasteiger partial charge in [0.2, 0.25) is 5.88 Å². The van der Waals surface area contributed by atoms with Gasteiger partial charge in [0.05, 0.1) is 6.04 Å². The Morgan fingerprint density at radius 1 is 1.43 bits per heavy atom. The van der Waals surface area contributed by atoms with E-state index in [0.717, 1.165) is 10.1 Å². The Kier molecular flexibility index (Phi) is 4.20. The number of hydrogen-bond donors (Lipinski definition) is 2. The van der Waals surface area contributed by atoms with Gasteiger partial charge < -0.3 is 15.2 Å². The highest BCUT2D eigenvalue weighted by molar-refractivity contribution is 6.30. The first-order valence-corrected chi connectivity index (χ1v) is 7.36. The quantitative estimate of drug-likeness (QED) is 0.877. The zero-order valence-electron chi connectivity index (χ0n) is 12.0. The van der Waals surface area contributed by atoms with E-state index in [9.17, 15) is 9.59 Å². The number of aromatic nitrogens is 2. The molecule has 23 heavy (non-hydrogen) atoms. The molecule has 7 nitrogen and oxygen atoms in total. The Balaban J connectivity index is 1.80. The van der Waals surface area contributed by atoms with Gasteiger partial charge in [0.25, 0.3) is 5.56 Å². The lowest BCUT2D eigenvalue weighted by Crippen LogP contribution is -2.39. The van der Waals surface area contributed by atoms with E-state index in [1.807, 2.05) is 12.1 Å². The molecule has 0 aliphatic carbocycles. The van der Waals surface area contributed by atoms with E-state index in [1.54, 1.807) is 12.1 Å². The number of anilines is 1. The fourth-order valence-corrected chi connectivity index (χ4v) is 2.53. The lowest BCUT2D eigenvalue weighted by Gasteiger charge is -2.26.